The third kappa shape index (κ3) is 2.86. The smallest absolute Gasteiger partial charge is 0.351 e. The second kappa shape index (κ2) is 6.47. The van der Waals surface area contributed by atoms with Gasteiger partial charge in [0.05, 0.1) is 0 Å². The highest BCUT2D eigenvalue weighted by molar-refractivity contribution is 5.61. The van der Waals surface area contributed by atoms with Crippen LogP contribution in [0, 0.1) is 12.7 Å². The van der Waals surface area contributed by atoms with E-state index in [0.29, 0.717) is 23.6 Å². The summed E-state index contributed by atoms with van der Waals surface area (Å²) in [7, 11) is 1.60. The molecule has 5 rings (SSSR count). The summed E-state index contributed by atoms with van der Waals surface area (Å²) < 4.78 is 16.9. The van der Waals surface area contributed by atoms with Crippen molar-refractivity contribution >= 4 is 11.6 Å². The van der Waals surface area contributed by atoms with Crippen LogP contribution in [0.1, 0.15) is 16.8 Å². The Kier molecular flexibility index (Phi) is 3.90. The van der Waals surface area contributed by atoms with Crippen molar-refractivity contribution in [3.8, 4) is 11.3 Å². The number of aromatic nitrogens is 6. The van der Waals surface area contributed by atoms with E-state index in [1.54, 1.807) is 31.7 Å². The largest absolute Gasteiger partial charge is 0.351 e. The summed E-state index contributed by atoms with van der Waals surface area (Å²) in [6.07, 6.45) is 5.76. The minimum atomic E-state index is -0.370. The number of anilines is 1. The van der Waals surface area contributed by atoms with E-state index in [1.165, 1.54) is 15.1 Å². The fraction of sp³-hybridized carbons (Fsp3) is 0.250. The molecule has 0 amide bonds. The Bertz CT molecular complexity index is 1310. The van der Waals surface area contributed by atoms with Gasteiger partial charge in [-0.05, 0) is 30.7 Å². The zero-order valence-corrected chi connectivity index (χ0v) is 16.0. The van der Waals surface area contributed by atoms with Gasteiger partial charge in [0.1, 0.15) is 17.3 Å². The van der Waals surface area contributed by atoms with E-state index in [1.807, 2.05) is 13.0 Å². The third-order valence-electron chi connectivity index (χ3n) is 5.19. The topological polar surface area (TPSA) is 81.2 Å². The van der Waals surface area contributed by atoms with Crippen molar-refractivity contribution in [1.82, 2.24) is 29.1 Å². The molecule has 0 bridgehead atoms. The first-order valence-corrected chi connectivity index (χ1v) is 9.28. The molecular formula is C20H18FN7O. The Hall–Kier alpha value is -3.62. The normalized spacial score (nSPS) is 13.7. The molecule has 4 aromatic heterocycles. The predicted octanol–water partition coefficient (Wildman–Crippen LogP) is 1.90. The number of pyridine rings is 2. The molecule has 29 heavy (non-hydrogen) atoms. The number of hydrogen-bond donors (Lipinski definition) is 0. The highest BCUT2D eigenvalue weighted by Crippen LogP contribution is 2.28. The predicted molar refractivity (Wildman–Crippen MR) is 105 cm³/mol. The van der Waals surface area contributed by atoms with Crippen LogP contribution in [0.3, 0.4) is 0 Å². The van der Waals surface area contributed by atoms with E-state index in [9.17, 15) is 9.18 Å². The van der Waals surface area contributed by atoms with Gasteiger partial charge in [0, 0.05) is 62.0 Å². The van der Waals surface area contributed by atoms with Crippen molar-refractivity contribution in [3.63, 3.8) is 0 Å². The molecule has 0 aliphatic carbocycles. The van der Waals surface area contributed by atoms with Crippen LogP contribution in [-0.2, 0) is 20.0 Å². The van der Waals surface area contributed by atoms with Crippen molar-refractivity contribution in [2.75, 3.05) is 11.4 Å². The van der Waals surface area contributed by atoms with Gasteiger partial charge >= 0.3 is 5.69 Å². The van der Waals surface area contributed by atoms with Gasteiger partial charge in [-0.3, -0.25) is 9.97 Å². The monoisotopic (exact) mass is 391 g/mol. The summed E-state index contributed by atoms with van der Waals surface area (Å²) in [4.78, 5) is 27.5. The van der Waals surface area contributed by atoms with Crippen LogP contribution < -0.4 is 10.6 Å². The molecule has 146 valence electrons. The highest BCUT2D eigenvalue weighted by Gasteiger charge is 2.22. The number of aryl methyl sites for hydroxylation is 2. The molecule has 0 unspecified atom stereocenters. The molecule has 5 heterocycles. The van der Waals surface area contributed by atoms with Crippen molar-refractivity contribution in [1.29, 1.82) is 0 Å². The second-order valence-electron chi connectivity index (χ2n) is 7.16. The molecule has 0 saturated heterocycles. The van der Waals surface area contributed by atoms with Gasteiger partial charge in [-0.1, -0.05) is 0 Å². The molecule has 1 aliphatic heterocycles. The molecule has 0 atom stereocenters. The summed E-state index contributed by atoms with van der Waals surface area (Å²) in [5, 5.41) is 4.18. The van der Waals surface area contributed by atoms with Crippen molar-refractivity contribution < 1.29 is 4.39 Å². The lowest BCUT2D eigenvalue weighted by atomic mass is 10.0. The lowest BCUT2D eigenvalue weighted by Crippen LogP contribution is -2.32. The molecule has 0 fully saturated rings. The van der Waals surface area contributed by atoms with E-state index in [0.717, 1.165) is 35.6 Å². The van der Waals surface area contributed by atoms with Gasteiger partial charge < -0.3 is 4.90 Å². The number of hydrogen-bond acceptors (Lipinski definition) is 6. The summed E-state index contributed by atoms with van der Waals surface area (Å²) in [5.74, 6) is 0.778. The molecule has 8 nitrogen and oxygen atoms in total. The first-order chi connectivity index (χ1) is 14.0. The average molecular weight is 391 g/mol. The van der Waals surface area contributed by atoms with Gasteiger partial charge in [-0.25, -0.2) is 18.3 Å². The Morgan fingerprint density at radius 3 is 2.93 bits per heavy atom. The number of nitrogens with zero attached hydrogens (tertiary/aromatic N) is 7. The summed E-state index contributed by atoms with van der Waals surface area (Å²) in [6.45, 7) is 3.26. The summed E-state index contributed by atoms with van der Waals surface area (Å²) >= 11 is 0. The molecule has 0 N–H and O–H groups in total. The summed E-state index contributed by atoms with van der Waals surface area (Å²) in [5.41, 5.74) is 3.62. The van der Waals surface area contributed by atoms with Gasteiger partial charge in [-0.15, -0.1) is 5.10 Å². The van der Waals surface area contributed by atoms with Crippen molar-refractivity contribution in [2.45, 2.75) is 19.9 Å². The second-order valence-corrected chi connectivity index (χ2v) is 7.16. The third-order valence-corrected chi connectivity index (χ3v) is 5.19. The van der Waals surface area contributed by atoms with Crippen LogP contribution in [0.2, 0.25) is 0 Å². The van der Waals surface area contributed by atoms with Crippen LogP contribution >= 0.6 is 0 Å². The Morgan fingerprint density at radius 2 is 2.10 bits per heavy atom. The molecular weight excluding hydrogens is 373 g/mol. The van der Waals surface area contributed by atoms with Crippen molar-refractivity contribution in [3.05, 3.63) is 69.9 Å². The van der Waals surface area contributed by atoms with Gasteiger partial charge in [0.25, 0.3) is 5.78 Å². The molecule has 4 aromatic rings. The van der Waals surface area contributed by atoms with Gasteiger partial charge in [0.2, 0.25) is 0 Å². The first-order valence-electron chi connectivity index (χ1n) is 9.28. The molecule has 0 spiro atoms. The first kappa shape index (κ1) is 17.5. The van der Waals surface area contributed by atoms with Crippen LogP contribution in [-0.4, -0.2) is 35.7 Å². The molecule has 0 saturated carbocycles. The highest BCUT2D eigenvalue weighted by atomic mass is 19.1. The number of rotatable bonds is 2. The average Bonchev–Trinajstić information content (AvgIpc) is 3.00. The zero-order chi connectivity index (χ0) is 20.1. The van der Waals surface area contributed by atoms with Gasteiger partial charge in [0.15, 0.2) is 0 Å². The van der Waals surface area contributed by atoms with Crippen LogP contribution in [0.4, 0.5) is 10.2 Å². The SMILES string of the molecule is Cc1cn2c(=O)n(C)nc2nc1N1CCc2ncc(-c3ncccc3F)cc2C1. The fourth-order valence-corrected chi connectivity index (χ4v) is 3.74. The number of halogens is 1. The zero-order valence-electron chi connectivity index (χ0n) is 16.0. The maximum Gasteiger partial charge on any atom is 0.351 e. The molecule has 1 aliphatic rings. The fourth-order valence-electron chi connectivity index (χ4n) is 3.74. The Labute approximate surface area is 165 Å². The van der Waals surface area contributed by atoms with Gasteiger partial charge in [-0.2, -0.15) is 4.98 Å². The van der Waals surface area contributed by atoms with Crippen LogP contribution in [0.25, 0.3) is 17.0 Å². The van der Waals surface area contributed by atoms with E-state index in [-0.39, 0.29) is 11.5 Å². The number of fused-ring (bicyclic) bond motifs is 2. The van der Waals surface area contributed by atoms with E-state index < -0.39 is 0 Å². The quantitative estimate of drug-likeness (QED) is 0.519. The molecule has 9 heteroatoms. The van der Waals surface area contributed by atoms with E-state index in [4.69, 9.17) is 0 Å². The van der Waals surface area contributed by atoms with Crippen molar-refractivity contribution in [2.24, 2.45) is 7.05 Å². The Balaban J connectivity index is 1.53. The lowest BCUT2D eigenvalue weighted by Gasteiger charge is -2.30. The maximum atomic E-state index is 14.1. The molecule has 0 radical (unpaired) electrons. The molecule has 0 aromatic carbocycles. The minimum Gasteiger partial charge on any atom is -0.351 e. The minimum absolute atomic E-state index is 0.225. The summed E-state index contributed by atoms with van der Waals surface area (Å²) in [6, 6.07) is 4.91. The van der Waals surface area contributed by atoms with E-state index >= 15 is 0 Å². The van der Waals surface area contributed by atoms with E-state index in [2.05, 4.69) is 25.0 Å². The maximum absolute atomic E-state index is 14.1. The standard InChI is InChI=1S/C20H18FN7O/c1-12-10-28-19(25-26(2)20(28)29)24-18(12)27-7-5-16-14(11-27)8-13(9-23-16)17-15(21)4-3-6-22-17/h3-4,6,8-10H,5,7,11H2,1-2H3. The van der Waals surface area contributed by atoms with Crippen LogP contribution in [0.15, 0.2) is 41.6 Å². The van der Waals surface area contributed by atoms with Crippen LogP contribution in [0.5, 0.6) is 0 Å². The Morgan fingerprint density at radius 1 is 1.24 bits per heavy atom. The lowest BCUT2D eigenvalue weighted by molar-refractivity contribution is 0.625.